The third-order valence-corrected chi connectivity index (χ3v) is 3.02. The Bertz CT molecular complexity index is 208. The first kappa shape index (κ1) is 12.5. The zero-order valence-corrected chi connectivity index (χ0v) is 9.86. The Morgan fingerprint density at radius 1 is 1.53 bits per heavy atom. The van der Waals surface area contributed by atoms with Crippen molar-refractivity contribution in [2.24, 2.45) is 5.92 Å². The minimum Gasteiger partial charge on any atom is -0.469 e. The Balaban J connectivity index is 2.44. The fraction of sp³-hybridized carbons (Fsp3) is 0.909. The number of nitrogens with zero attached hydrogens (tertiary/aromatic N) is 1. The van der Waals surface area contributed by atoms with Crippen LogP contribution in [0.3, 0.4) is 0 Å². The Hall–Kier alpha value is -0.610. The Morgan fingerprint density at radius 3 is 2.87 bits per heavy atom. The summed E-state index contributed by atoms with van der Waals surface area (Å²) in [7, 11) is 3.16. The first-order valence-electron chi connectivity index (χ1n) is 5.49. The highest BCUT2D eigenvalue weighted by Gasteiger charge is 2.28. The minimum atomic E-state index is -0.0793. The molecule has 15 heavy (non-hydrogen) atoms. The number of hydrogen-bond acceptors (Lipinski definition) is 4. The van der Waals surface area contributed by atoms with Gasteiger partial charge in [-0.05, 0) is 26.3 Å². The van der Waals surface area contributed by atoms with Crippen LogP contribution in [0.25, 0.3) is 0 Å². The number of carbonyl (C=O) groups is 1. The molecule has 1 aliphatic heterocycles. The van der Waals surface area contributed by atoms with E-state index in [0.29, 0.717) is 12.6 Å². The van der Waals surface area contributed by atoms with Crippen molar-refractivity contribution in [3.63, 3.8) is 0 Å². The first-order valence-corrected chi connectivity index (χ1v) is 5.49. The van der Waals surface area contributed by atoms with Crippen LogP contribution in [-0.4, -0.2) is 50.8 Å². The standard InChI is InChI=1S/C11H21NO3/c1-9(8-14-2)12-6-4-5-10(7-12)11(13)15-3/h9-10H,4-8H2,1-3H3. The maximum atomic E-state index is 11.4. The van der Waals surface area contributed by atoms with E-state index in [-0.39, 0.29) is 11.9 Å². The normalized spacial score (nSPS) is 24.9. The van der Waals surface area contributed by atoms with E-state index in [1.165, 1.54) is 7.11 Å². The Labute approximate surface area is 91.5 Å². The van der Waals surface area contributed by atoms with E-state index in [1.807, 2.05) is 0 Å². The van der Waals surface area contributed by atoms with E-state index in [4.69, 9.17) is 9.47 Å². The van der Waals surface area contributed by atoms with Gasteiger partial charge in [0.1, 0.15) is 0 Å². The number of piperidine rings is 1. The van der Waals surface area contributed by atoms with Crippen molar-refractivity contribution in [3.05, 3.63) is 0 Å². The second kappa shape index (κ2) is 6.08. The third kappa shape index (κ3) is 3.47. The summed E-state index contributed by atoms with van der Waals surface area (Å²) in [6.45, 7) is 4.70. The molecular weight excluding hydrogens is 194 g/mol. The molecule has 0 amide bonds. The number of likely N-dealkylation sites (tertiary alicyclic amines) is 1. The maximum absolute atomic E-state index is 11.4. The molecule has 1 rings (SSSR count). The minimum absolute atomic E-state index is 0.0445. The van der Waals surface area contributed by atoms with E-state index in [2.05, 4.69) is 11.8 Å². The maximum Gasteiger partial charge on any atom is 0.309 e. The van der Waals surface area contributed by atoms with Gasteiger partial charge in [-0.25, -0.2) is 0 Å². The van der Waals surface area contributed by atoms with Crippen molar-refractivity contribution >= 4 is 5.97 Å². The average Bonchev–Trinajstić information content (AvgIpc) is 2.28. The molecule has 0 saturated carbocycles. The zero-order valence-electron chi connectivity index (χ0n) is 9.86. The lowest BCUT2D eigenvalue weighted by Crippen LogP contribution is -2.45. The lowest BCUT2D eigenvalue weighted by molar-refractivity contribution is -0.147. The highest BCUT2D eigenvalue weighted by Crippen LogP contribution is 2.19. The summed E-state index contributed by atoms with van der Waals surface area (Å²) in [5.74, 6) is -0.0348. The second-order valence-corrected chi connectivity index (χ2v) is 4.16. The van der Waals surface area contributed by atoms with Crippen molar-refractivity contribution < 1.29 is 14.3 Å². The summed E-state index contributed by atoms with van der Waals surface area (Å²) < 4.78 is 9.90. The number of esters is 1. The number of hydrogen-bond donors (Lipinski definition) is 0. The number of rotatable bonds is 4. The SMILES string of the molecule is COCC(C)N1CCCC(C(=O)OC)C1. The molecule has 0 aromatic carbocycles. The molecule has 88 valence electrons. The summed E-state index contributed by atoms with van der Waals surface area (Å²) in [5, 5.41) is 0. The van der Waals surface area contributed by atoms with Crippen LogP contribution >= 0.6 is 0 Å². The smallest absolute Gasteiger partial charge is 0.309 e. The highest BCUT2D eigenvalue weighted by molar-refractivity contribution is 5.72. The largest absolute Gasteiger partial charge is 0.469 e. The van der Waals surface area contributed by atoms with Crippen LogP contribution in [0.4, 0.5) is 0 Å². The van der Waals surface area contributed by atoms with Crippen LogP contribution in [0, 0.1) is 5.92 Å². The van der Waals surface area contributed by atoms with Gasteiger partial charge in [0.25, 0.3) is 0 Å². The van der Waals surface area contributed by atoms with Crippen molar-refractivity contribution in [3.8, 4) is 0 Å². The third-order valence-electron chi connectivity index (χ3n) is 3.02. The van der Waals surface area contributed by atoms with Crippen molar-refractivity contribution in [2.75, 3.05) is 33.9 Å². The molecule has 4 heteroatoms. The average molecular weight is 215 g/mol. The van der Waals surface area contributed by atoms with Gasteiger partial charge in [-0.15, -0.1) is 0 Å². The van der Waals surface area contributed by atoms with Gasteiger partial charge in [-0.3, -0.25) is 9.69 Å². The molecule has 0 radical (unpaired) electrons. The van der Waals surface area contributed by atoms with Gasteiger partial charge in [0.2, 0.25) is 0 Å². The molecule has 1 aliphatic rings. The van der Waals surface area contributed by atoms with E-state index in [1.54, 1.807) is 7.11 Å². The Kier molecular flexibility index (Phi) is 5.05. The molecule has 2 unspecified atom stereocenters. The van der Waals surface area contributed by atoms with Gasteiger partial charge in [-0.1, -0.05) is 0 Å². The molecule has 0 N–H and O–H groups in total. The van der Waals surface area contributed by atoms with Crippen molar-refractivity contribution in [1.82, 2.24) is 4.90 Å². The van der Waals surface area contributed by atoms with Gasteiger partial charge in [-0.2, -0.15) is 0 Å². The lowest BCUT2D eigenvalue weighted by atomic mass is 9.97. The molecule has 1 fully saturated rings. The number of carbonyl (C=O) groups excluding carboxylic acids is 1. The predicted octanol–water partition coefficient (Wildman–Crippen LogP) is 0.906. The highest BCUT2D eigenvalue weighted by atomic mass is 16.5. The first-order chi connectivity index (χ1) is 7.19. The van der Waals surface area contributed by atoms with E-state index in [0.717, 1.165) is 25.9 Å². The van der Waals surface area contributed by atoms with Crippen LogP contribution < -0.4 is 0 Å². The summed E-state index contributed by atoms with van der Waals surface area (Å²) in [6.07, 6.45) is 2.01. The zero-order chi connectivity index (χ0) is 11.3. The van der Waals surface area contributed by atoms with Gasteiger partial charge >= 0.3 is 5.97 Å². The molecule has 0 aliphatic carbocycles. The monoisotopic (exact) mass is 215 g/mol. The fourth-order valence-corrected chi connectivity index (χ4v) is 2.11. The number of methoxy groups -OCH3 is 2. The topological polar surface area (TPSA) is 38.8 Å². The van der Waals surface area contributed by atoms with E-state index in [9.17, 15) is 4.79 Å². The molecule has 1 saturated heterocycles. The second-order valence-electron chi connectivity index (χ2n) is 4.16. The fourth-order valence-electron chi connectivity index (χ4n) is 2.11. The van der Waals surface area contributed by atoms with E-state index >= 15 is 0 Å². The molecule has 0 aromatic heterocycles. The molecule has 0 aromatic rings. The Morgan fingerprint density at radius 2 is 2.27 bits per heavy atom. The molecule has 0 bridgehead atoms. The van der Waals surface area contributed by atoms with Crippen LogP contribution in [0.5, 0.6) is 0 Å². The number of ether oxygens (including phenoxy) is 2. The van der Waals surface area contributed by atoms with Crippen LogP contribution in [0.1, 0.15) is 19.8 Å². The predicted molar refractivity (Wildman–Crippen MR) is 57.7 cm³/mol. The van der Waals surface area contributed by atoms with Gasteiger partial charge < -0.3 is 9.47 Å². The van der Waals surface area contributed by atoms with Crippen LogP contribution in [0.15, 0.2) is 0 Å². The van der Waals surface area contributed by atoms with Gasteiger partial charge in [0.15, 0.2) is 0 Å². The van der Waals surface area contributed by atoms with Crippen LogP contribution in [-0.2, 0) is 14.3 Å². The van der Waals surface area contributed by atoms with Crippen molar-refractivity contribution in [1.29, 1.82) is 0 Å². The van der Waals surface area contributed by atoms with Gasteiger partial charge in [0, 0.05) is 19.7 Å². The van der Waals surface area contributed by atoms with Crippen LogP contribution in [0.2, 0.25) is 0 Å². The molecule has 2 atom stereocenters. The van der Waals surface area contributed by atoms with E-state index < -0.39 is 0 Å². The molecule has 0 spiro atoms. The summed E-state index contributed by atoms with van der Waals surface area (Å²) in [6, 6.07) is 0.377. The quantitative estimate of drug-likeness (QED) is 0.653. The molecular formula is C11H21NO3. The summed E-state index contributed by atoms with van der Waals surface area (Å²) in [5.41, 5.74) is 0. The summed E-state index contributed by atoms with van der Waals surface area (Å²) >= 11 is 0. The summed E-state index contributed by atoms with van der Waals surface area (Å²) in [4.78, 5) is 13.7. The van der Waals surface area contributed by atoms with Gasteiger partial charge in [0.05, 0.1) is 19.6 Å². The van der Waals surface area contributed by atoms with Crippen molar-refractivity contribution in [2.45, 2.75) is 25.8 Å². The molecule has 1 heterocycles. The molecule has 4 nitrogen and oxygen atoms in total. The lowest BCUT2D eigenvalue weighted by Gasteiger charge is -2.35.